The van der Waals surface area contributed by atoms with Crippen molar-refractivity contribution in [2.24, 2.45) is 5.10 Å². The van der Waals surface area contributed by atoms with Crippen LogP contribution in [0.5, 0.6) is 5.75 Å². The first-order valence-electron chi connectivity index (χ1n) is 10.1. The summed E-state index contributed by atoms with van der Waals surface area (Å²) in [5, 5.41) is 23.7. The lowest BCUT2D eigenvalue weighted by atomic mass is 10.0. The van der Waals surface area contributed by atoms with E-state index in [1.165, 1.54) is 12.3 Å². The van der Waals surface area contributed by atoms with Gasteiger partial charge in [-0.25, -0.2) is 10.5 Å². The molecule has 0 aliphatic heterocycles. The number of halogens is 1. The molecule has 1 heterocycles. The zero-order chi connectivity index (χ0) is 24.1. The van der Waals surface area contributed by atoms with E-state index in [0.29, 0.717) is 21.9 Å². The number of benzene rings is 3. The van der Waals surface area contributed by atoms with Gasteiger partial charge in [0.25, 0.3) is 17.4 Å². The molecule has 4 aromatic rings. The Labute approximate surface area is 201 Å². The van der Waals surface area contributed by atoms with Crippen LogP contribution in [-0.2, 0) is 4.79 Å². The molecular weight excluding hydrogens is 502 g/mol. The molecule has 10 heteroatoms. The number of fused-ring (bicyclic) bond motifs is 1. The van der Waals surface area contributed by atoms with Crippen molar-refractivity contribution < 1.29 is 14.7 Å². The topological polar surface area (TPSA) is 137 Å². The molecule has 1 atom stereocenters. The predicted octanol–water partition coefficient (Wildman–Crippen LogP) is 3.01. The highest BCUT2D eigenvalue weighted by atomic mass is 79.9. The first-order chi connectivity index (χ1) is 16.4. The number of aromatic amines is 1. The van der Waals surface area contributed by atoms with Crippen molar-refractivity contribution in [2.75, 3.05) is 0 Å². The molecule has 1 unspecified atom stereocenters. The summed E-state index contributed by atoms with van der Waals surface area (Å²) in [4.78, 5) is 38.2. The van der Waals surface area contributed by atoms with Gasteiger partial charge in [-0.3, -0.25) is 14.4 Å². The second-order valence-corrected chi connectivity index (χ2v) is 8.11. The Bertz CT molecular complexity index is 1450. The molecule has 0 aliphatic carbocycles. The fourth-order valence-corrected chi connectivity index (χ4v) is 3.66. The number of H-pyrrole nitrogens is 1. The van der Waals surface area contributed by atoms with E-state index in [0.717, 1.165) is 4.47 Å². The molecule has 2 amide bonds. The summed E-state index contributed by atoms with van der Waals surface area (Å²) in [6, 6.07) is 18.5. The number of phenols is 1. The third-order valence-corrected chi connectivity index (χ3v) is 5.43. The molecule has 3 aromatic carbocycles. The van der Waals surface area contributed by atoms with Gasteiger partial charge in [0, 0.05) is 21.0 Å². The van der Waals surface area contributed by atoms with E-state index in [2.05, 4.69) is 42.0 Å². The molecule has 1 aromatic heterocycles. The monoisotopic (exact) mass is 519 g/mol. The Morgan fingerprint density at radius 3 is 2.50 bits per heavy atom. The minimum absolute atomic E-state index is 0.0246. The number of aromatic hydroxyl groups is 1. The van der Waals surface area contributed by atoms with E-state index in [-0.39, 0.29) is 11.4 Å². The minimum atomic E-state index is -1.28. The Hall–Kier alpha value is -4.31. The van der Waals surface area contributed by atoms with Crippen LogP contribution in [0.3, 0.4) is 0 Å². The summed E-state index contributed by atoms with van der Waals surface area (Å²) in [6.07, 6.45) is 1.27. The smallest absolute Gasteiger partial charge is 0.272 e. The Balaban J connectivity index is 1.68. The molecule has 0 saturated carbocycles. The second kappa shape index (κ2) is 10.1. The summed E-state index contributed by atoms with van der Waals surface area (Å²) in [7, 11) is 0. The predicted molar refractivity (Wildman–Crippen MR) is 131 cm³/mol. The molecule has 0 spiro atoms. The van der Waals surface area contributed by atoms with Gasteiger partial charge in [-0.1, -0.05) is 52.3 Å². The zero-order valence-electron chi connectivity index (χ0n) is 17.5. The van der Waals surface area contributed by atoms with Gasteiger partial charge < -0.3 is 10.4 Å². The molecule has 9 nitrogen and oxygen atoms in total. The van der Waals surface area contributed by atoms with Crippen molar-refractivity contribution in [2.45, 2.75) is 6.04 Å². The molecule has 4 N–H and O–H groups in total. The van der Waals surface area contributed by atoms with Gasteiger partial charge in [0.2, 0.25) is 0 Å². The normalized spacial score (nSPS) is 11.9. The Morgan fingerprint density at radius 2 is 1.74 bits per heavy atom. The molecule has 170 valence electrons. The van der Waals surface area contributed by atoms with Crippen molar-refractivity contribution in [3.8, 4) is 5.75 Å². The maximum atomic E-state index is 13.1. The van der Waals surface area contributed by atoms with Gasteiger partial charge in [-0.2, -0.15) is 10.2 Å². The lowest BCUT2D eigenvalue weighted by molar-refractivity contribution is -0.123. The number of aromatic nitrogens is 2. The number of nitrogens with one attached hydrogen (secondary N) is 3. The van der Waals surface area contributed by atoms with Crippen LogP contribution in [-0.4, -0.2) is 33.3 Å². The van der Waals surface area contributed by atoms with E-state index in [9.17, 15) is 19.5 Å². The van der Waals surface area contributed by atoms with Gasteiger partial charge in [-0.15, -0.1) is 0 Å². The number of phenolic OH excluding ortho intramolecular Hbond substituents is 1. The van der Waals surface area contributed by atoms with Crippen molar-refractivity contribution in [3.63, 3.8) is 0 Å². The number of amides is 2. The maximum Gasteiger partial charge on any atom is 0.272 e. The maximum absolute atomic E-state index is 13.1. The van der Waals surface area contributed by atoms with Crippen LogP contribution in [0.4, 0.5) is 0 Å². The van der Waals surface area contributed by atoms with E-state index in [4.69, 9.17) is 0 Å². The van der Waals surface area contributed by atoms with Crippen LogP contribution in [0.15, 0.2) is 87.2 Å². The molecule has 0 radical (unpaired) electrons. The van der Waals surface area contributed by atoms with Gasteiger partial charge in [0.05, 0.1) is 11.6 Å². The van der Waals surface area contributed by atoms with Crippen LogP contribution in [0, 0.1) is 0 Å². The summed E-state index contributed by atoms with van der Waals surface area (Å²) >= 11 is 3.30. The third-order valence-electron chi connectivity index (χ3n) is 4.94. The van der Waals surface area contributed by atoms with Gasteiger partial charge in [-0.05, 0) is 36.4 Å². The molecule has 0 bridgehead atoms. The van der Waals surface area contributed by atoms with Gasteiger partial charge >= 0.3 is 0 Å². The highest BCUT2D eigenvalue weighted by molar-refractivity contribution is 9.10. The van der Waals surface area contributed by atoms with E-state index in [1.807, 2.05) is 0 Å². The van der Waals surface area contributed by atoms with Gasteiger partial charge in [0.1, 0.15) is 11.4 Å². The van der Waals surface area contributed by atoms with Crippen molar-refractivity contribution >= 4 is 44.7 Å². The van der Waals surface area contributed by atoms with E-state index < -0.39 is 23.4 Å². The standard InChI is InChI=1S/C24H18BrN5O4/c25-16-10-11-19(31)15(12-16)13-26-29-24(34)21(27-22(32)14-6-2-1-3-7-14)20-17-8-4-5-9-18(17)23(33)30-28-20/h1-13,21,31H,(H,27,32)(H,29,34)(H,30,33)/b26-13+. The van der Waals surface area contributed by atoms with Crippen LogP contribution < -0.4 is 16.3 Å². The summed E-state index contributed by atoms with van der Waals surface area (Å²) < 4.78 is 0.718. The lowest BCUT2D eigenvalue weighted by Crippen LogP contribution is -2.40. The first-order valence-corrected chi connectivity index (χ1v) is 10.9. The quantitative estimate of drug-likeness (QED) is 0.229. The third kappa shape index (κ3) is 5.02. The number of nitrogens with zero attached hydrogens (tertiary/aromatic N) is 2. The van der Waals surface area contributed by atoms with Crippen LogP contribution in [0.1, 0.15) is 27.7 Å². The van der Waals surface area contributed by atoms with Gasteiger partial charge in [0.15, 0.2) is 6.04 Å². The first kappa shape index (κ1) is 22.9. The molecule has 4 rings (SSSR count). The Kier molecular flexibility index (Phi) is 6.79. The highest BCUT2D eigenvalue weighted by Gasteiger charge is 2.27. The van der Waals surface area contributed by atoms with Crippen LogP contribution in [0.25, 0.3) is 10.8 Å². The zero-order valence-corrected chi connectivity index (χ0v) is 19.1. The van der Waals surface area contributed by atoms with Crippen molar-refractivity contribution in [1.82, 2.24) is 20.9 Å². The number of carbonyl (C=O) groups excluding carboxylic acids is 2. The SMILES string of the molecule is O=C(NC(C(=O)N/N=C/c1cc(Br)ccc1O)c1n[nH]c(=O)c2ccccc12)c1ccccc1. The number of rotatable bonds is 6. The van der Waals surface area contributed by atoms with Crippen LogP contribution >= 0.6 is 15.9 Å². The Morgan fingerprint density at radius 1 is 1.03 bits per heavy atom. The number of hydrazone groups is 1. The second-order valence-electron chi connectivity index (χ2n) is 7.19. The van der Waals surface area contributed by atoms with E-state index >= 15 is 0 Å². The summed E-state index contributed by atoms with van der Waals surface area (Å²) in [5.74, 6) is -1.23. The number of carbonyl (C=O) groups is 2. The van der Waals surface area contributed by atoms with E-state index in [1.54, 1.807) is 66.7 Å². The fraction of sp³-hybridized carbons (Fsp3) is 0.0417. The largest absolute Gasteiger partial charge is 0.507 e. The fourth-order valence-electron chi connectivity index (χ4n) is 3.28. The molecule has 0 fully saturated rings. The summed E-state index contributed by atoms with van der Waals surface area (Å²) in [6.45, 7) is 0. The van der Waals surface area contributed by atoms with Crippen molar-refractivity contribution in [1.29, 1.82) is 0 Å². The molecular formula is C24H18BrN5O4. The molecule has 0 saturated heterocycles. The lowest BCUT2D eigenvalue weighted by Gasteiger charge is -2.18. The number of hydrogen-bond acceptors (Lipinski definition) is 6. The average molecular weight is 520 g/mol. The summed E-state index contributed by atoms with van der Waals surface area (Å²) in [5.41, 5.74) is 2.81. The number of hydrogen-bond donors (Lipinski definition) is 4. The van der Waals surface area contributed by atoms with Crippen molar-refractivity contribution in [3.05, 3.63) is 104 Å². The average Bonchev–Trinajstić information content (AvgIpc) is 2.85. The molecule has 34 heavy (non-hydrogen) atoms. The highest BCUT2D eigenvalue weighted by Crippen LogP contribution is 2.21. The minimum Gasteiger partial charge on any atom is -0.507 e. The molecule has 0 aliphatic rings. The van der Waals surface area contributed by atoms with Crippen LogP contribution in [0.2, 0.25) is 0 Å².